The summed E-state index contributed by atoms with van der Waals surface area (Å²) in [7, 11) is 1.70. The monoisotopic (exact) mass is 237 g/mol. The van der Waals surface area contributed by atoms with Crippen LogP contribution < -0.4 is 10.5 Å². The van der Waals surface area contributed by atoms with Gasteiger partial charge in [0, 0.05) is 44.0 Å². The zero-order chi connectivity index (χ0) is 12.0. The first-order chi connectivity index (χ1) is 8.12. The van der Waals surface area contributed by atoms with Crippen molar-refractivity contribution in [1.82, 2.24) is 0 Å². The molecule has 1 heterocycles. The SMILES string of the molecule is COC1CC2(C1)C[C@H](N)c1ccc(F)cc1O2. The molecule has 1 aliphatic carbocycles. The summed E-state index contributed by atoms with van der Waals surface area (Å²) in [5, 5.41) is 0. The second-order valence-corrected chi connectivity index (χ2v) is 5.04. The summed E-state index contributed by atoms with van der Waals surface area (Å²) in [5.74, 6) is 0.314. The first-order valence-electron chi connectivity index (χ1n) is 5.89. The molecule has 0 bridgehead atoms. The van der Waals surface area contributed by atoms with Gasteiger partial charge in [0.05, 0.1) is 6.10 Å². The molecule has 1 aromatic rings. The molecule has 3 rings (SSSR count). The van der Waals surface area contributed by atoms with Gasteiger partial charge in [-0.25, -0.2) is 4.39 Å². The lowest BCUT2D eigenvalue weighted by molar-refractivity contribution is -0.124. The second kappa shape index (κ2) is 3.68. The number of hydrogen-bond acceptors (Lipinski definition) is 3. The number of rotatable bonds is 1. The molecule has 1 aromatic carbocycles. The quantitative estimate of drug-likeness (QED) is 0.814. The molecule has 3 nitrogen and oxygen atoms in total. The van der Waals surface area contributed by atoms with E-state index in [-0.39, 0.29) is 23.6 Å². The molecular formula is C13H16FNO2. The molecule has 2 N–H and O–H groups in total. The number of hydrogen-bond donors (Lipinski definition) is 1. The molecule has 0 saturated heterocycles. The molecule has 0 radical (unpaired) electrons. The Morgan fingerprint density at radius 3 is 2.88 bits per heavy atom. The van der Waals surface area contributed by atoms with Crippen molar-refractivity contribution < 1.29 is 13.9 Å². The summed E-state index contributed by atoms with van der Waals surface area (Å²) in [6.07, 6.45) is 2.71. The Labute approximate surface area is 99.7 Å². The summed E-state index contributed by atoms with van der Waals surface area (Å²) in [6.45, 7) is 0. The van der Waals surface area contributed by atoms with Crippen molar-refractivity contribution >= 4 is 0 Å². The standard InChI is InChI=1S/C13H16FNO2/c1-16-9-5-13(6-9)7-11(15)10-3-2-8(14)4-12(10)17-13/h2-4,9,11H,5-7,15H2,1H3/t9?,11-,13?/m0/s1. The van der Waals surface area contributed by atoms with Crippen molar-refractivity contribution in [1.29, 1.82) is 0 Å². The number of methoxy groups -OCH3 is 1. The lowest BCUT2D eigenvalue weighted by Crippen LogP contribution is -2.55. The van der Waals surface area contributed by atoms with E-state index in [9.17, 15) is 4.39 Å². The van der Waals surface area contributed by atoms with E-state index in [1.807, 2.05) is 0 Å². The lowest BCUT2D eigenvalue weighted by atomic mass is 9.71. The molecular weight excluding hydrogens is 221 g/mol. The van der Waals surface area contributed by atoms with Crippen molar-refractivity contribution in [2.45, 2.75) is 37.0 Å². The van der Waals surface area contributed by atoms with Crippen molar-refractivity contribution in [2.75, 3.05) is 7.11 Å². The summed E-state index contributed by atoms with van der Waals surface area (Å²) in [5.41, 5.74) is 6.79. The lowest BCUT2D eigenvalue weighted by Gasteiger charge is -2.50. The van der Waals surface area contributed by atoms with Crippen molar-refractivity contribution in [3.05, 3.63) is 29.6 Å². The van der Waals surface area contributed by atoms with E-state index in [1.165, 1.54) is 12.1 Å². The van der Waals surface area contributed by atoms with Crippen LogP contribution in [0.15, 0.2) is 18.2 Å². The van der Waals surface area contributed by atoms with Crippen LogP contribution in [-0.2, 0) is 4.74 Å². The maximum absolute atomic E-state index is 13.2. The van der Waals surface area contributed by atoms with Crippen LogP contribution in [0.4, 0.5) is 4.39 Å². The fraction of sp³-hybridized carbons (Fsp3) is 0.538. The van der Waals surface area contributed by atoms with Crippen LogP contribution in [0.2, 0.25) is 0 Å². The Bertz CT molecular complexity index is 443. The van der Waals surface area contributed by atoms with Gasteiger partial charge < -0.3 is 15.2 Å². The van der Waals surface area contributed by atoms with E-state index >= 15 is 0 Å². The Morgan fingerprint density at radius 1 is 1.41 bits per heavy atom. The predicted octanol–water partition coefficient (Wildman–Crippen LogP) is 2.16. The highest BCUT2D eigenvalue weighted by molar-refractivity contribution is 5.40. The van der Waals surface area contributed by atoms with E-state index in [0.717, 1.165) is 24.8 Å². The van der Waals surface area contributed by atoms with Crippen molar-refractivity contribution in [2.24, 2.45) is 5.73 Å². The molecule has 1 aliphatic heterocycles. The van der Waals surface area contributed by atoms with Gasteiger partial charge >= 0.3 is 0 Å². The number of nitrogens with two attached hydrogens (primary N) is 1. The van der Waals surface area contributed by atoms with Crippen LogP contribution in [0, 0.1) is 5.82 Å². The topological polar surface area (TPSA) is 44.5 Å². The molecule has 2 aliphatic rings. The third-order valence-electron chi connectivity index (χ3n) is 3.83. The molecule has 0 amide bonds. The molecule has 1 saturated carbocycles. The number of benzene rings is 1. The third kappa shape index (κ3) is 1.72. The number of fused-ring (bicyclic) bond motifs is 1. The van der Waals surface area contributed by atoms with Gasteiger partial charge in [0.2, 0.25) is 0 Å². The maximum Gasteiger partial charge on any atom is 0.127 e. The van der Waals surface area contributed by atoms with Crippen LogP contribution in [0.5, 0.6) is 5.75 Å². The van der Waals surface area contributed by atoms with Gasteiger partial charge in [0.25, 0.3) is 0 Å². The smallest absolute Gasteiger partial charge is 0.127 e. The van der Waals surface area contributed by atoms with Gasteiger partial charge in [-0.05, 0) is 6.07 Å². The van der Waals surface area contributed by atoms with Crippen LogP contribution >= 0.6 is 0 Å². The van der Waals surface area contributed by atoms with Crippen molar-refractivity contribution in [3.63, 3.8) is 0 Å². The van der Waals surface area contributed by atoms with Crippen LogP contribution in [0.25, 0.3) is 0 Å². The van der Waals surface area contributed by atoms with E-state index in [0.29, 0.717) is 5.75 Å². The predicted molar refractivity (Wildman–Crippen MR) is 61.3 cm³/mol. The van der Waals surface area contributed by atoms with Crippen molar-refractivity contribution in [3.8, 4) is 5.75 Å². The largest absolute Gasteiger partial charge is 0.487 e. The molecule has 1 spiro atoms. The Kier molecular flexibility index (Phi) is 2.38. The Hall–Kier alpha value is -1.13. The minimum Gasteiger partial charge on any atom is -0.487 e. The van der Waals surface area contributed by atoms with E-state index in [1.54, 1.807) is 13.2 Å². The van der Waals surface area contributed by atoms with E-state index in [2.05, 4.69) is 0 Å². The van der Waals surface area contributed by atoms with Crippen LogP contribution in [0.1, 0.15) is 30.9 Å². The average molecular weight is 237 g/mol. The van der Waals surface area contributed by atoms with Crippen LogP contribution in [-0.4, -0.2) is 18.8 Å². The average Bonchev–Trinajstić information content (AvgIpc) is 2.24. The summed E-state index contributed by atoms with van der Waals surface area (Å²) < 4.78 is 24.4. The van der Waals surface area contributed by atoms with Crippen LogP contribution in [0.3, 0.4) is 0 Å². The second-order valence-electron chi connectivity index (χ2n) is 5.04. The molecule has 0 aromatic heterocycles. The third-order valence-corrected chi connectivity index (χ3v) is 3.83. The Balaban J connectivity index is 1.88. The molecule has 0 unspecified atom stereocenters. The highest BCUT2D eigenvalue weighted by Crippen LogP contribution is 2.48. The number of ether oxygens (including phenoxy) is 2. The van der Waals surface area contributed by atoms with E-state index < -0.39 is 0 Å². The first kappa shape index (κ1) is 11.0. The first-order valence-corrected chi connectivity index (χ1v) is 5.89. The zero-order valence-electron chi connectivity index (χ0n) is 9.78. The highest BCUT2D eigenvalue weighted by atomic mass is 19.1. The van der Waals surface area contributed by atoms with Gasteiger partial charge in [-0.3, -0.25) is 0 Å². The minimum atomic E-state index is -0.282. The number of halogens is 1. The van der Waals surface area contributed by atoms with Gasteiger partial charge in [-0.15, -0.1) is 0 Å². The molecule has 4 heteroatoms. The molecule has 17 heavy (non-hydrogen) atoms. The maximum atomic E-state index is 13.2. The van der Waals surface area contributed by atoms with Gasteiger partial charge in [-0.1, -0.05) is 6.07 Å². The van der Waals surface area contributed by atoms with Gasteiger partial charge in [0.15, 0.2) is 0 Å². The Morgan fingerprint density at radius 2 is 2.18 bits per heavy atom. The summed E-state index contributed by atoms with van der Waals surface area (Å²) >= 11 is 0. The molecule has 92 valence electrons. The minimum absolute atomic E-state index is 0.0721. The molecule has 1 fully saturated rings. The zero-order valence-corrected chi connectivity index (χ0v) is 9.78. The summed E-state index contributed by atoms with van der Waals surface area (Å²) in [6, 6.07) is 4.50. The summed E-state index contributed by atoms with van der Waals surface area (Å²) in [4.78, 5) is 0. The normalized spacial score (nSPS) is 35.0. The molecule has 1 atom stereocenters. The fourth-order valence-electron chi connectivity index (χ4n) is 2.88. The van der Waals surface area contributed by atoms with Gasteiger partial charge in [-0.2, -0.15) is 0 Å². The van der Waals surface area contributed by atoms with E-state index in [4.69, 9.17) is 15.2 Å². The van der Waals surface area contributed by atoms with Gasteiger partial charge in [0.1, 0.15) is 17.2 Å². The highest BCUT2D eigenvalue weighted by Gasteiger charge is 2.50. The fourth-order valence-corrected chi connectivity index (χ4v) is 2.88.